The largest absolute Gasteiger partial charge is 0.483 e. The van der Waals surface area contributed by atoms with Gasteiger partial charge < -0.3 is 19.9 Å². The zero-order valence-corrected chi connectivity index (χ0v) is 19.2. The van der Waals surface area contributed by atoms with Crippen molar-refractivity contribution in [2.75, 3.05) is 6.54 Å². The van der Waals surface area contributed by atoms with Crippen LogP contribution in [0.4, 0.5) is 0 Å². The van der Waals surface area contributed by atoms with E-state index in [4.69, 9.17) is 4.74 Å². The van der Waals surface area contributed by atoms with E-state index in [1.54, 1.807) is 4.90 Å². The van der Waals surface area contributed by atoms with E-state index in [0.717, 1.165) is 46.3 Å². The first-order valence-corrected chi connectivity index (χ1v) is 11.4. The molecule has 168 valence electrons. The van der Waals surface area contributed by atoms with E-state index in [0.29, 0.717) is 13.0 Å². The molecule has 2 N–H and O–H groups in total. The summed E-state index contributed by atoms with van der Waals surface area (Å²) in [6.45, 7) is 13.0. The number of carbonyl (C=O) groups excluding carboxylic acids is 2. The maximum Gasteiger partial charge on any atom is 0.246 e. The number of allylic oxidation sites excluding steroid dienone is 1. The van der Waals surface area contributed by atoms with Crippen molar-refractivity contribution in [3.05, 3.63) is 47.7 Å². The van der Waals surface area contributed by atoms with Crippen molar-refractivity contribution < 1.29 is 14.3 Å². The second kappa shape index (κ2) is 6.99. The predicted molar refractivity (Wildman–Crippen MR) is 126 cm³/mol. The molecule has 0 bridgehead atoms. The van der Waals surface area contributed by atoms with Gasteiger partial charge in [-0.25, -0.2) is 0 Å². The third-order valence-corrected chi connectivity index (χ3v) is 7.09. The monoisotopic (exact) mass is 433 g/mol. The van der Waals surface area contributed by atoms with Crippen LogP contribution in [0.15, 0.2) is 30.9 Å². The van der Waals surface area contributed by atoms with Crippen LogP contribution in [0.2, 0.25) is 0 Å². The second-order valence-electron chi connectivity index (χ2n) is 10.3. The molecular formula is C26H31N3O3. The smallest absolute Gasteiger partial charge is 0.246 e. The van der Waals surface area contributed by atoms with Crippen molar-refractivity contribution >= 4 is 28.8 Å². The van der Waals surface area contributed by atoms with Gasteiger partial charge in [-0.3, -0.25) is 9.59 Å². The fraction of sp³-hybridized carbons (Fsp3) is 0.462. The molecule has 1 aromatic heterocycles. The lowest BCUT2D eigenvalue weighted by Crippen LogP contribution is -2.61. The van der Waals surface area contributed by atoms with Crippen LogP contribution in [-0.4, -0.2) is 45.9 Å². The van der Waals surface area contributed by atoms with Crippen LogP contribution in [0.25, 0.3) is 17.0 Å². The summed E-state index contributed by atoms with van der Waals surface area (Å²) in [5.74, 6) is 0.821. The minimum atomic E-state index is -0.558. The van der Waals surface area contributed by atoms with E-state index in [9.17, 15) is 9.59 Å². The Balaban J connectivity index is 1.60. The number of fused-ring (bicyclic) bond motifs is 3. The molecule has 2 amide bonds. The lowest BCUT2D eigenvalue weighted by molar-refractivity contribution is -0.146. The van der Waals surface area contributed by atoms with Crippen LogP contribution in [0, 0.1) is 0 Å². The Bertz CT molecular complexity index is 1170. The molecule has 2 unspecified atom stereocenters. The molecule has 4 heterocycles. The van der Waals surface area contributed by atoms with E-state index < -0.39 is 6.04 Å². The Labute approximate surface area is 188 Å². The second-order valence-corrected chi connectivity index (χ2v) is 10.3. The summed E-state index contributed by atoms with van der Waals surface area (Å²) in [6.07, 6.45) is 8.14. The first-order valence-electron chi connectivity index (χ1n) is 11.4. The average Bonchev–Trinajstić information content (AvgIpc) is 3.36. The first-order chi connectivity index (χ1) is 15.1. The number of aromatic nitrogens is 1. The molecule has 32 heavy (non-hydrogen) atoms. The van der Waals surface area contributed by atoms with Gasteiger partial charge in [-0.15, -0.1) is 6.58 Å². The molecule has 2 aromatic rings. The quantitative estimate of drug-likeness (QED) is 0.720. The van der Waals surface area contributed by atoms with Gasteiger partial charge in [0.25, 0.3) is 0 Å². The Morgan fingerprint density at radius 2 is 2.09 bits per heavy atom. The molecule has 0 saturated carbocycles. The van der Waals surface area contributed by atoms with E-state index in [2.05, 4.69) is 48.9 Å². The lowest BCUT2D eigenvalue weighted by Gasteiger charge is -2.35. The van der Waals surface area contributed by atoms with Crippen molar-refractivity contribution in [2.24, 2.45) is 0 Å². The topological polar surface area (TPSA) is 74.4 Å². The number of amides is 2. The lowest BCUT2D eigenvalue weighted by atomic mass is 9.84. The summed E-state index contributed by atoms with van der Waals surface area (Å²) in [4.78, 5) is 31.2. The van der Waals surface area contributed by atoms with Crippen LogP contribution < -0.4 is 10.1 Å². The van der Waals surface area contributed by atoms with Gasteiger partial charge in [-0.2, -0.15) is 0 Å². The summed E-state index contributed by atoms with van der Waals surface area (Å²) in [5.41, 5.74) is 3.34. The first kappa shape index (κ1) is 20.9. The molecule has 6 heteroatoms. The molecule has 0 aliphatic carbocycles. The molecule has 3 aliphatic rings. The van der Waals surface area contributed by atoms with E-state index in [-0.39, 0.29) is 28.9 Å². The zero-order chi connectivity index (χ0) is 22.8. The van der Waals surface area contributed by atoms with Gasteiger partial charge in [0.2, 0.25) is 11.8 Å². The molecule has 6 nitrogen and oxygen atoms in total. The summed E-state index contributed by atoms with van der Waals surface area (Å²) in [7, 11) is 0. The fourth-order valence-electron chi connectivity index (χ4n) is 5.16. The molecule has 0 spiro atoms. The molecule has 3 aliphatic heterocycles. The van der Waals surface area contributed by atoms with Gasteiger partial charge in [0.05, 0.1) is 0 Å². The highest BCUT2D eigenvalue weighted by Gasteiger charge is 2.43. The number of rotatable bonds is 4. The molecule has 1 aromatic carbocycles. The minimum absolute atomic E-state index is 0.0201. The normalized spacial score (nSPS) is 24.2. The fourth-order valence-corrected chi connectivity index (χ4v) is 5.16. The van der Waals surface area contributed by atoms with Gasteiger partial charge in [0.15, 0.2) is 0 Å². The summed E-state index contributed by atoms with van der Waals surface area (Å²) in [5, 5.41) is 4.05. The van der Waals surface area contributed by atoms with Crippen molar-refractivity contribution in [2.45, 2.75) is 70.1 Å². The SMILES string of the molecule is C=CC(C)(C)c1[nH]c2cc3c(cc2c1CC1NC(=O)C2CCCN2C1=O)C=CC(C)(C)O3. The number of nitrogens with zero attached hydrogens (tertiary/aromatic N) is 1. The Hall–Kier alpha value is -3.02. The predicted octanol–water partition coefficient (Wildman–Crippen LogP) is 3.85. The molecule has 2 saturated heterocycles. The number of nitrogens with one attached hydrogen (secondary N) is 2. The van der Waals surface area contributed by atoms with Crippen molar-refractivity contribution in [3.8, 4) is 5.75 Å². The van der Waals surface area contributed by atoms with E-state index >= 15 is 0 Å². The number of benzene rings is 1. The van der Waals surface area contributed by atoms with Gasteiger partial charge in [-0.05, 0) is 44.4 Å². The van der Waals surface area contributed by atoms with Gasteiger partial charge in [0.1, 0.15) is 23.4 Å². The highest BCUT2D eigenvalue weighted by atomic mass is 16.5. The summed E-state index contributed by atoms with van der Waals surface area (Å²) < 4.78 is 6.17. The molecular weight excluding hydrogens is 402 g/mol. The summed E-state index contributed by atoms with van der Waals surface area (Å²) >= 11 is 0. The van der Waals surface area contributed by atoms with Crippen molar-refractivity contribution in [1.82, 2.24) is 15.2 Å². The standard InChI is InChI=1S/C26H31N3O3/c1-6-25(2,3)22-17(13-19-24(31)29-11-7-8-20(29)23(30)28-19)16-12-15-9-10-26(4,5)32-21(15)14-18(16)27-22/h6,9-10,12,14,19-20,27H,1,7-8,11,13H2,2-5H3,(H,28,30). The molecule has 0 radical (unpaired) electrons. The van der Waals surface area contributed by atoms with Crippen molar-refractivity contribution in [3.63, 3.8) is 0 Å². The van der Waals surface area contributed by atoms with Crippen molar-refractivity contribution in [1.29, 1.82) is 0 Å². The highest BCUT2D eigenvalue weighted by Crippen LogP contribution is 2.39. The minimum Gasteiger partial charge on any atom is -0.483 e. The van der Waals surface area contributed by atoms with Gasteiger partial charge >= 0.3 is 0 Å². The van der Waals surface area contributed by atoms with Crippen LogP contribution in [-0.2, 0) is 21.4 Å². The zero-order valence-electron chi connectivity index (χ0n) is 19.2. The molecule has 5 rings (SSSR count). The Morgan fingerprint density at radius 3 is 2.84 bits per heavy atom. The summed E-state index contributed by atoms with van der Waals surface area (Å²) in [6, 6.07) is 3.30. The molecule has 2 atom stereocenters. The van der Waals surface area contributed by atoms with Crippen LogP contribution in [0.1, 0.15) is 57.4 Å². The Morgan fingerprint density at radius 1 is 1.31 bits per heavy atom. The molecule has 2 fully saturated rings. The number of hydrogen-bond donors (Lipinski definition) is 2. The maximum atomic E-state index is 13.2. The maximum absolute atomic E-state index is 13.2. The third-order valence-electron chi connectivity index (χ3n) is 7.09. The number of ether oxygens (including phenoxy) is 1. The van der Waals surface area contributed by atoms with E-state index in [1.165, 1.54) is 0 Å². The third kappa shape index (κ3) is 3.24. The Kier molecular flexibility index (Phi) is 4.56. The van der Waals surface area contributed by atoms with Crippen LogP contribution >= 0.6 is 0 Å². The van der Waals surface area contributed by atoms with Crippen LogP contribution in [0.5, 0.6) is 5.75 Å². The highest BCUT2D eigenvalue weighted by molar-refractivity contribution is 5.98. The van der Waals surface area contributed by atoms with Crippen LogP contribution in [0.3, 0.4) is 0 Å². The number of aromatic amines is 1. The number of carbonyl (C=O) groups is 2. The van der Waals surface area contributed by atoms with Gasteiger partial charge in [-0.1, -0.05) is 26.0 Å². The van der Waals surface area contributed by atoms with Gasteiger partial charge in [0, 0.05) is 46.6 Å². The number of hydrogen-bond acceptors (Lipinski definition) is 3. The van der Waals surface area contributed by atoms with E-state index in [1.807, 2.05) is 26.0 Å². The number of H-pyrrole nitrogens is 1. The number of piperazine rings is 1. The average molecular weight is 434 g/mol.